The molecule has 0 aromatic heterocycles. The molecule has 2 N–H and O–H groups in total. The van der Waals surface area contributed by atoms with Crippen LogP contribution in [0.15, 0.2) is 35.2 Å². The van der Waals surface area contributed by atoms with Gasteiger partial charge in [0.05, 0.1) is 11.0 Å². The Morgan fingerprint density at radius 3 is 2.73 bits per heavy atom. The minimum Gasteiger partial charge on any atom is -0.398 e. The van der Waals surface area contributed by atoms with Gasteiger partial charge in [-0.1, -0.05) is 12.1 Å². The number of allylic oxidation sites excluding steroid dienone is 1. The summed E-state index contributed by atoms with van der Waals surface area (Å²) in [6.45, 7) is 0. The van der Waals surface area contributed by atoms with Crippen LogP contribution in [-0.4, -0.2) is 14.7 Å². The molecule has 1 aromatic carbocycles. The lowest BCUT2D eigenvalue weighted by Crippen LogP contribution is -2.00. The van der Waals surface area contributed by atoms with E-state index in [0.717, 1.165) is 6.26 Å². The molecule has 0 aliphatic rings. The maximum absolute atomic E-state index is 11.2. The van der Waals surface area contributed by atoms with Crippen molar-refractivity contribution in [3.05, 3.63) is 35.9 Å². The van der Waals surface area contributed by atoms with E-state index in [1.54, 1.807) is 18.2 Å². The highest BCUT2D eigenvalue weighted by molar-refractivity contribution is 7.90. The highest BCUT2D eigenvalue weighted by atomic mass is 32.2. The van der Waals surface area contributed by atoms with Gasteiger partial charge in [0.15, 0.2) is 9.84 Å². The van der Waals surface area contributed by atoms with Crippen molar-refractivity contribution >= 4 is 15.5 Å². The van der Waals surface area contributed by atoms with Gasteiger partial charge >= 0.3 is 0 Å². The second-order valence-electron chi connectivity index (χ2n) is 3.03. The van der Waals surface area contributed by atoms with Crippen LogP contribution in [0.1, 0.15) is 5.56 Å². The summed E-state index contributed by atoms with van der Waals surface area (Å²) in [7, 11) is -3.24. The lowest BCUT2D eigenvalue weighted by Gasteiger charge is -2.02. The van der Waals surface area contributed by atoms with Crippen LogP contribution in [-0.2, 0) is 9.84 Å². The van der Waals surface area contributed by atoms with Crippen LogP contribution in [0, 0.1) is 11.3 Å². The molecule has 0 spiro atoms. The smallest absolute Gasteiger partial charge is 0.175 e. The van der Waals surface area contributed by atoms with Crippen molar-refractivity contribution in [3.63, 3.8) is 0 Å². The first-order valence-corrected chi connectivity index (χ1v) is 6.00. The Labute approximate surface area is 88.6 Å². The zero-order valence-corrected chi connectivity index (χ0v) is 8.95. The van der Waals surface area contributed by atoms with Crippen LogP contribution in [0.2, 0.25) is 0 Å². The average molecular weight is 222 g/mol. The Morgan fingerprint density at radius 1 is 1.53 bits per heavy atom. The van der Waals surface area contributed by atoms with Gasteiger partial charge in [0.25, 0.3) is 0 Å². The van der Waals surface area contributed by atoms with E-state index in [4.69, 9.17) is 11.0 Å². The fourth-order valence-corrected chi connectivity index (χ4v) is 1.73. The van der Waals surface area contributed by atoms with E-state index < -0.39 is 9.84 Å². The van der Waals surface area contributed by atoms with Crippen molar-refractivity contribution in [3.8, 4) is 6.07 Å². The third kappa shape index (κ3) is 2.82. The Balaban J connectivity index is 3.28. The van der Waals surface area contributed by atoms with Gasteiger partial charge in [0.2, 0.25) is 0 Å². The van der Waals surface area contributed by atoms with Crippen molar-refractivity contribution in [2.24, 2.45) is 5.73 Å². The standard InChI is InChI=1S/C10H10N2O2S/c1-15(13,14)9-4-2-3-8(7-9)10(12)5-6-11/h2-5,7H,12H2,1H3/b10-5+. The molecule has 0 radical (unpaired) electrons. The van der Waals surface area contributed by atoms with Crippen LogP contribution in [0.25, 0.3) is 5.70 Å². The van der Waals surface area contributed by atoms with E-state index in [-0.39, 0.29) is 10.6 Å². The van der Waals surface area contributed by atoms with Crippen LogP contribution in [0.3, 0.4) is 0 Å². The number of benzene rings is 1. The first kappa shape index (κ1) is 11.3. The third-order valence-electron chi connectivity index (χ3n) is 1.82. The van der Waals surface area contributed by atoms with E-state index in [0.29, 0.717) is 5.56 Å². The summed E-state index contributed by atoms with van der Waals surface area (Å²) in [6.07, 6.45) is 2.29. The molecular weight excluding hydrogens is 212 g/mol. The Bertz CT molecular complexity index is 539. The monoisotopic (exact) mass is 222 g/mol. The summed E-state index contributed by atoms with van der Waals surface area (Å²) in [5.74, 6) is 0. The maximum Gasteiger partial charge on any atom is 0.175 e. The van der Waals surface area contributed by atoms with Crippen LogP contribution in [0.5, 0.6) is 0 Å². The lowest BCUT2D eigenvalue weighted by molar-refractivity contribution is 0.602. The van der Waals surface area contributed by atoms with Gasteiger partial charge < -0.3 is 5.73 Å². The minimum atomic E-state index is -3.24. The first-order chi connectivity index (χ1) is 6.95. The van der Waals surface area contributed by atoms with Crippen LogP contribution < -0.4 is 5.73 Å². The maximum atomic E-state index is 11.2. The fourth-order valence-electron chi connectivity index (χ4n) is 1.06. The molecule has 78 valence electrons. The van der Waals surface area contributed by atoms with Gasteiger partial charge in [-0.2, -0.15) is 5.26 Å². The Kier molecular flexibility index (Phi) is 3.12. The molecule has 1 aromatic rings. The zero-order valence-electron chi connectivity index (χ0n) is 8.14. The number of hydrogen-bond acceptors (Lipinski definition) is 4. The number of nitriles is 1. The quantitative estimate of drug-likeness (QED) is 0.754. The molecule has 0 aliphatic heterocycles. The zero-order chi connectivity index (χ0) is 11.5. The number of hydrogen-bond donors (Lipinski definition) is 1. The topological polar surface area (TPSA) is 83.9 Å². The molecule has 0 saturated carbocycles. The molecule has 15 heavy (non-hydrogen) atoms. The number of nitrogens with zero attached hydrogens (tertiary/aromatic N) is 1. The van der Waals surface area contributed by atoms with E-state index >= 15 is 0 Å². The van der Waals surface area contributed by atoms with Gasteiger partial charge in [-0.15, -0.1) is 0 Å². The van der Waals surface area contributed by atoms with Crippen molar-refractivity contribution in [2.45, 2.75) is 4.90 Å². The fraction of sp³-hybridized carbons (Fsp3) is 0.100. The van der Waals surface area contributed by atoms with Gasteiger partial charge in [-0.25, -0.2) is 8.42 Å². The SMILES string of the molecule is CS(=O)(=O)c1cccc(/C(N)=C\C#N)c1. The van der Waals surface area contributed by atoms with Crippen LogP contribution >= 0.6 is 0 Å². The molecule has 0 fully saturated rings. The molecule has 0 bridgehead atoms. The number of rotatable bonds is 2. The summed E-state index contributed by atoms with van der Waals surface area (Å²) >= 11 is 0. The van der Waals surface area contributed by atoms with E-state index in [1.807, 2.05) is 0 Å². The third-order valence-corrected chi connectivity index (χ3v) is 2.93. The normalized spacial score (nSPS) is 12.1. The van der Waals surface area contributed by atoms with Crippen molar-refractivity contribution in [1.82, 2.24) is 0 Å². The van der Waals surface area contributed by atoms with Gasteiger partial charge in [0, 0.05) is 18.0 Å². The highest BCUT2D eigenvalue weighted by Crippen LogP contribution is 2.15. The van der Waals surface area contributed by atoms with Crippen LogP contribution in [0.4, 0.5) is 0 Å². The molecule has 4 nitrogen and oxygen atoms in total. The number of nitrogens with two attached hydrogens (primary N) is 1. The van der Waals surface area contributed by atoms with Gasteiger partial charge in [-0.05, 0) is 17.7 Å². The Morgan fingerprint density at radius 2 is 2.20 bits per heavy atom. The van der Waals surface area contributed by atoms with Crippen molar-refractivity contribution < 1.29 is 8.42 Å². The molecule has 0 unspecified atom stereocenters. The molecular formula is C10H10N2O2S. The molecule has 0 aliphatic carbocycles. The molecule has 0 saturated heterocycles. The second-order valence-corrected chi connectivity index (χ2v) is 5.04. The summed E-state index contributed by atoms with van der Waals surface area (Å²) in [5.41, 5.74) is 6.34. The predicted molar refractivity (Wildman–Crippen MR) is 57.3 cm³/mol. The second kappa shape index (κ2) is 4.15. The van der Waals surface area contributed by atoms with E-state index in [2.05, 4.69) is 0 Å². The first-order valence-electron chi connectivity index (χ1n) is 4.11. The molecule has 0 heterocycles. The van der Waals surface area contributed by atoms with Gasteiger partial charge in [0.1, 0.15) is 0 Å². The summed E-state index contributed by atoms with van der Waals surface area (Å²) in [6, 6.07) is 7.95. The van der Waals surface area contributed by atoms with E-state index in [9.17, 15) is 8.42 Å². The van der Waals surface area contributed by atoms with Gasteiger partial charge in [-0.3, -0.25) is 0 Å². The highest BCUT2D eigenvalue weighted by Gasteiger charge is 2.07. The summed E-state index contributed by atoms with van der Waals surface area (Å²) < 4.78 is 22.5. The largest absolute Gasteiger partial charge is 0.398 e. The summed E-state index contributed by atoms with van der Waals surface area (Å²) in [5, 5.41) is 8.40. The Hall–Kier alpha value is -1.80. The van der Waals surface area contributed by atoms with E-state index in [1.165, 1.54) is 18.2 Å². The predicted octanol–water partition coefficient (Wildman–Crippen LogP) is 0.913. The number of sulfone groups is 1. The average Bonchev–Trinajstić information content (AvgIpc) is 2.17. The molecule has 1 rings (SSSR count). The molecule has 0 amide bonds. The lowest BCUT2D eigenvalue weighted by atomic mass is 10.1. The van der Waals surface area contributed by atoms with Crippen molar-refractivity contribution in [1.29, 1.82) is 5.26 Å². The summed E-state index contributed by atoms with van der Waals surface area (Å²) in [4.78, 5) is 0.189. The molecule has 0 atom stereocenters. The minimum absolute atomic E-state index is 0.189. The van der Waals surface area contributed by atoms with Crippen molar-refractivity contribution in [2.75, 3.05) is 6.26 Å². The molecule has 5 heteroatoms.